The van der Waals surface area contributed by atoms with E-state index in [0.717, 1.165) is 53.3 Å². The molecule has 2 heterocycles. The topological polar surface area (TPSA) is 89.5 Å². The fourth-order valence-corrected chi connectivity index (χ4v) is 6.11. The highest BCUT2D eigenvalue weighted by Gasteiger charge is 2.47. The minimum absolute atomic E-state index is 0.0312. The highest BCUT2D eigenvalue weighted by Crippen LogP contribution is 2.46. The van der Waals surface area contributed by atoms with Crippen LogP contribution in [-0.4, -0.2) is 52.6 Å². The van der Waals surface area contributed by atoms with E-state index in [0.29, 0.717) is 36.5 Å². The van der Waals surface area contributed by atoms with E-state index in [1.165, 1.54) is 20.6 Å². The van der Waals surface area contributed by atoms with Gasteiger partial charge in [0.05, 0.1) is 52.0 Å². The SMILES string of the molecule is COC(=O)C1(c2cc(Cl)cc(C3OCCO3)c2)CCC1.COC(=O)C1CCC1.Clc1cc(Br)cc(C2OCCO2)c1. The Labute approximate surface area is 259 Å². The van der Waals surface area contributed by atoms with Gasteiger partial charge in [0, 0.05) is 25.6 Å². The normalized spacial score (nSPS) is 20.0. The summed E-state index contributed by atoms with van der Waals surface area (Å²) < 4.78 is 32.1. The van der Waals surface area contributed by atoms with Crippen LogP contribution in [0.25, 0.3) is 0 Å². The predicted molar refractivity (Wildman–Crippen MR) is 157 cm³/mol. The van der Waals surface area contributed by atoms with E-state index in [1.807, 2.05) is 36.4 Å². The zero-order valence-corrected chi connectivity index (χ0v) is 26.3. The summed E-state index contributed by atoms with van der Waals surface area (Å²) >= 11 is 15.5. The summed E-state index contributed by atoms with van der Waals surface area (Å²) in [5, 5.41) is 1.27. The molecule has 2 aromatic rings. The monoisotopic (exact) mass is 672 g/mol. The van der Waals surface area contributed by atoms with Crippen molar-refractivity contribution < 1.29 is 38.0 Å². The first kappa shape index (κ1) is 32.2. The Hall–Kier alpha value is -1.72. The second-order valence-corrected chi connectivity index (χ2v) is 12.0. The third kappa shape index (κ3) is 8.22. The van der Waals surface area contributed by atoms with Crippen molar-refractivity contribution in [2.75, 3.05) is 40.6 Å². The lowest BCUT2D eigenvalue weighted by molar-refractivity contribution is -0.151. The number of rotatable bonds is 5. The van der Waals surface area contributed by atoms with Gasteiger partial charge in [0.2, 0.25) is 0 Å². The summed E-state index contributed by atoms with van der Waals surface area (Å²) in [7, 11) is 2.87. The second-order valence-electron chi connectivity index (χ2n) is 10.2. The number of hydrogen-bond acceptors (Lipinski definition) is 8. The molecule has 2 saturated carbocycles. The van der Waals surface area contributed by atoms with E-state index >= 15 is 0 Å². The first-order chi connectivity index (χ1) is 19.8. The van der Waals surface area contributed by atoms with Crippen molar-refractivity contribution in [2.24, 2.45) is 5.92 Å². The Morgan fingerprint density at radius 3 is 1.71 bits per heavy atom. The summed E-state index contributed by atoms with van der Waals surface area (Å²) in [6, 6.07) is 11.3. The van der Waals surface area contributed by atoms with Crippen molar-refractivity contribution in [2.45, 2.75) is 56.5 Å². The lowest BCUT2D eigenvalue weighted by atomic mass is 9.64. The Kier molecular flexibility index (Phi) is 11.9. The number of ether oxygens (including phenoxy) is 6. The first-order valence-corrected chi connectivity index (χ1v) is 15.2. The molecule has 0 N–H and O–H groups in total. The van der Waals surface area contributed by atoms with Gasteiger partial charge < -0.3 is 28.4 Å². The fourth-order valence-electron chi connectivity index (χ4n) is 4.98. The first-order valence-electron chi connectivity index (χ1n) is 13.7. The molecule has 0 spiro atoms. The quantitative estimate of drug-likeness (QED) is 0.311. The molecule has 2 aromatic carbocycles. The molecular weight excluding hydrogens is 639 g/mol. The molecule has 0 unspecified atom stereocenters. The van der Waals surface area contributed by atoms with Crippen molar-refractivity contribution in [1.29, 1.82) is 0 Å². The fraction of sp³-hybridized carbons (Fsp3) is 0.533. The van der Waals surface area contributed by atoms with Gasteiger partial charge in [-0.25, -0.2) is 0 Å². The largest absolute Gasteiger partial charge is 0.469 e. The summed E-state index contributed by atoms with van der Waals surface area (Å²) in [5.74, 6) is 0.0153. The van der Waals surface area contributed by atoms with E-state index in [9.17, 15) is 9.59 Å². The summed E-state index contributed by atoms with van der Waals surface area (Å²) in [5.41, 5.74) is 2.17. The molecule has 8 nitrogen and oxygen atoms in total. The van der Waals surface area contributed by atoms with Crippen LogP contribution in [0.15, 0.2) is 40.9 Å². The number of benzene rings is 2. The average molecular weight is 674 g/mol. The van der Waals surface area contributed by atoms with E-state index in [4.69, 9.17) is 46.9 Å². The second kappa shape index (κ2) is 15.1. The van der Waals surface area contributed by atoms with Gasteiger partial charge in [-0.3, -0.25) is 9.59 Å². The molecule has 0 bridgehead atoms. The van der Waals surface area contributed by atoms with Crippen LogP contribution in [0.1, 0.15) is 67.8 Å². The van der Waals surface area contributed by atoms with E-state index in [-0.39, 0.29) is 30.4 Å². The molecule has 0 amide bonds. The van der Waals surface area contributed by atoms with Crippen LogP contribution in [0.3, 0.4) is 0 Å². The van der Waals surface area contributed by atoms with Crippen LogP contribution < -0.4 is 0 Å². The third-order valence-corrected chi connectivity index (χ3v) is 8.46. The lowest BCUT2D eigenvalue weighted by Crippen LogP contribution is -2.43. The van der Waals surface area contributed by atoms with Crippen molar-refractivity contribution in [3.8, 4) is 0 Å². The molecule has 0 radical (unpaired) electrons. The molecule has 4 aliphatic rings. The molecule has 11 heteroatoms. The standard InChI is InChI=1S/C15H17ClO4.C9H8BrClO2.C6H10O2/c1-18-14(17)15(3-2-4-15)11-7-10(8-12(16)9-11)13-19-5-6-20-13;10-7-3-6(4-8(11)5-7)9-12-1-2-13-9;1-8-6(7)5-3-2-4-5/h7-9,13H,2-6H2,1H3;3-5,9H,1-2H2;5H,2-4H2,1H3. The minimum Gasteiger partial charge on any atom is -0.469 e. The predicted octanol–water partition coefficient (Wildman–Crippen LogP) is 7.09. The van der Waals surface area contributed by atoms with E-state index in [2.05, 4.69) is 20.7 Å². The maximum Gasteiger partial charge on any atom is 0.316 e. The van der Waals surface area contributed by atoms with Gasteiger partial charge in [-0.1, -0.05) is 52.0 Å². The van der Waals surface area contributed by atoms with Gasteiger partial charge >= 0.3 is 11.9 Å². The molecule has 2 aliphatic carbocycles. The smallest absolute Gasteiger partial charge is 0.316 e. The zero-order chi connectivity index (χ0) is 29.4. The number of esters is 2. The molecule has 41 heavy (non-hydrogen) atoms. The molecule has 0 atom stereocenters. The Bertz CT molecular complexity index is 1170. The number of carbonyl (C=O) groups excluding carboxylic acids is 2. The van der Waals surface area contributed by atoms with Crippen molar-refractivity contribution in [3.05, 3.63) is 67.6 Å². The van der Waals surface area contributed by atoms with Gasteiger partial charge in [0.15, 0.2) is 12.6 Å². The van der Waals surface area contributed by atoms with E-state index < -0.39 is 5.41 Å². The Morgan fingerprint density at radius 1 is 0.780 bits per heavy atom. The number of methoxy groups -OCH3 is 2. The lowest BCUT2D eigenvalue weighted by Gasteiger charge is -2.39. The van der Waals surface area contributed by atoms with Crippen LogP contribution in [0, 0.1) is 5.92 Å². The highest BCUT2D eigenvalue weighted by molar-refractivity contribution is 9.10. The van der Waals surface area contributed by atoms with Crippen LogP contribution in [0.5, 0.6) is 0 Å². The molecular formula is C30H35BrCl2O8. The zero-order valence-electron chi connectivity index (χ0n) is 23.2. The van der Waals surface area contributed by atoms with Crippen LogP contribution >= 0.6 is 39.1 Å². The highest BCUT2D eigenvalue weighted by atomic mass is 79.9. The molecule has 0 aromatic heterocycles. The van der Waals surface area contributed by atoms with Gasteiger partial charge in [0.1, 0.15) is 0 Å². The van der Waals surface area contributed by atoms with Crippen LogP contribution in [0.2, 0.25) is 10.0 Å². The minimum atomic E-state index is -0.549. The van der Waals surface area contributed by atoms with Crippen molar-refractivity contribution in [3.63, 3.8) is 0 Å². The van der Waals surface area contributed by atoms with Gasteiger partial charge in [-0.05, 0) is 67.6 Å². The van der Waals surface area contributed by atoms with E-state index in [1.54, 1.807) is 0 Å². The Balaban J connectivity index is 0.000000158. The number of carbonyl (C=O) groups is 2. The Morgan fingerprint density at radius 2 is 1.32 bits per heavy atom. The summed E-state index contributed by atoms with van der Waals surface area (Å²) in [6.45, 7) is 2.45. The molecule has 4 fully saturated rings. The molecule has 6 rings (SSSR count). The molecule has 2 saturated heterocycles. The molecule has 224 valence electrons. The number of halogens is 3. The average Bonchev–Trinajstić information content (AvgIpc) is 3.62. The summed E-state index contributed by atoms with van der Waals surface area (Å²) in [6.07, 6.45) is 5.24. The van der Waals surface area contributed by atoms with Crippen LogP contribution in [-0.2, 0) is 43.4 Å². The van der Waals surface area contributed by atoms with Gasteiger partial charge in [-0.2, -0.15) is 0 Å². The maximum absolute atomic E-state index is 12.1. The maximum atomic E-state index is 12.1. The van der Waals surface area contributed by atoms with Crippen LogP contribution in [0.4, 0.5) is 0 Å². The summed E-state index contributed by atoms with van der Waals surface area (Å²) in [4.78, 5) is 22.7. The van der Waals surface area contributed by atoms with Crippen molar-refractivity contribution in [1.82, 2.24) is 0 Å². The van der Waals surface area contributed by atoms with Gasteiger partial charge in [-0.15, -0.1) is 0 Å². The molecule has 2 aliphatic heterocycles. The number of hydrogen-bond donors (Lipinski definition) is 0. The van der Waals surface area contributed by atoms with Gasteiger partial charge in [0.25, 0.3) is 0 Å². The third-order valence-electron chi connectivity index (χ3n) is 7.57. The van der Waals surface area contributed by atoms with Crippen molar-refractivity contribution >= 4 is 51.1 Å².